The lowest BCUT2D eigenvalue weighted by molar-refractivity contribution is -0.114. The van der Waals surface area contributed by atoms with Crippen LogP contribution in [0.15, 0.2) is 17.6 Å². The van der Waals surface area contributed by atoms with Gasteiger partial charge in [-0.15, -0.1) is 11.3 Å². The van der Waals surface area contributed by atoms with Gasteiger partial charge in [-0.1, -0.05) is 13.8 Å². The van der Waals surface area contributed by atoms with Crippen LogP contribution in [0.5, 0.6) is 0 Å². The van der Waals surface area contributed by atoms with E-state index in [4.69, 9.17) is 0 Å². The number of aromatic nitrogens is 2. The predicted octanol–water partition coefficient (Wildman–Crippen LogP) is 2.85. The third-order valence-corrected chi connectivity index (χ3v) is 4.66. The fraction of sp³-hybridized carbons (Fsp3) is 0.412. The highest BCUT2D eigenvalue weighted by atomic mass is 32.1. The van der Waals surface area contributed by atoms with E-state index in [0.29, 0.717) is 29.6 Å². The molecule has 24 heavy (non-hydrogen) atoms. The fourth-order valence-corrected chi connectivity index (χ4v) is 3.52. The predicted molar refractivity (Wildman–Crippen MR) is 92.8 cm³/mol. The number of anilines is 1. The number of rotatable bonds is 4. The summed E-state index contributed by atoms with van der Waals surface area (Å²) in [6.45, 7) is 6.69. The minimum atomic E-state index is -0.184. The van der Waals surface area contributed by atoms with Gasteiger partial charge in [0.05, 0.1) is 17.9 Å². The maximum absolute atomic E-state index is 12.8. The Morgan fingerprint density at radius 1 is 1.38 bits per heavy atom. The van der Waals surface area contributed by atoms with Crippen molar-refractivity contribution in [2.45, 2.75) is 40.3 Å². The highest BCUT2D eigenvalue weighted by Crippen LogP contribution is 2.28. The summed E-state index contributed by atoms with van der Waals surface area (Å²) >= 11 is 1.33. The van der Waals surface area contributed by atoms with Gasteiger partial charge in [-0.05, 0) is 17.4 Å². The molecule has 0 radical (unpaired) electrons. The first kappa shape index (κ1) is 16.6. The summed E-state index contributed by atoms with van der Waals surface area (Å²) in [4.78, 5) is 35.3. The third kappa shape index (κ3) is 3.46. The van der Waals surface area contributed by atoms with Crippen LogP contribution in [0.3, 0.4) is 0 Å². The summed E-state index contributed by atoms with van der Waals surface area (Å²) in [7, 11) is 0. The van der Waals surface area contributed by atoms with Gasteiger partial charge in [0.25, 0.3) is 5.91 Å². The van der Waals surface area contributed by atoms with E-state index in [-0.39, 0.29) is 11.8 Å². The van der Waals surface area contributed by atoms with Crippen molar-refractivity contribution < 1.29 is 9.59 Å². The van der Waals surface area contributed by atoms with E-state index in [2.05, 4.69) is 29.1 Å². The molecule has 3 heterocycles. The van der Waals surface area contributed by atoms with Crippen molar-refractivity contribution in [1.29, 1.82) is 0 Å². The zero-order valence-corrected chi connectivity index (χ0v) is 14.8. The van der Waals surface area contributed by atoms with E-state index in [9.17, 15) is 9.59 Å². The molecule has 0 atom stereocenters. The summed E-state index contributed by atoms with van der Waals surface area (Å²) in [5, 5.41) is 4.51. The molecule has 0 fully saturated rings. The average Bonchev–Trinajstić information content (AvgIpc) is 3.11. The van der Waals surface area contributed by atoms with E-state index < -0.39 is 0 Å². The first-order valence-corrected chi connectivity index (χ1v) is 8.80. The normalized spacial score (nSPS) is 13.2. The minimum absolute atomic E-state index is 0.0860. The van der Waals surface area contributed by atoms with Gasteiger partial charge >= 0.3 is 0 Å². The number of carbonyl (C=O) groups is 2. The molecule has 2 aromatic heterocycles. The van der Waals surface area contributed by atoms with Gasteiger partial charge in [0.1, 0.15) is 10.7 Å². The van der Waals surface area contributed by atoms with Crippen molar-refractivity contribution in [1.82, 2.24) is 14.9 Å². The quantitative estimate of drug-likeness (QED) is 0.925. The molecule has 0 bridgehead atoms. The summed E-state index contributed by atoms with van der Waals surface area (Å²) in [5.41, 5.74) is 2.49. The molecule has 0 unspecified atom stereocenters. The van der Waals surface area contributed by atoms with Crippen molar-refractivity contribution in [2.24, 2.45) is 5.92 Å². The van der Waals surface area contributed by atoms with Crippen LogP contribution in [0.25, 0.3) is 0 Å². The second kappa shape index (κ2) is 6.68. The van der Waals surface area contributed by atoms with Gasteiger partial charge in [0, 0.05) is 31.6 Å². The molecule has 1 N–H and O–H groups in total. The Balaban J connectivity index is 1.76. The van der Waals surface area contributed by atoms with Crippen molar-refractivity contribution in [3.8, 4) is 0 Å². The second-order valence-electron chi connectivity index (χ2n) is 6.36. The zero-order chi connectivity index (χ0) is 17.3. The number of fused-ring (bicyclic) bond motifs is 1. The molecule has 7 heteroatoms. The van der Waals surface area contributed by atoms with Gasteiger partial charge in [0.15, 0.2) is 0 Å². The first-order valence-electron chi connectivity index (χ1n) is 7.92. The van der Waals surface area contributed by atoms with Crippen LogP contribution in [0, 0.1) is 5.92 Å². The number of nitrogens with one attached hydrogen (secondary N) is 1. The van der Waals surface area contributed by atoms with Gasteiger partial charge in [-0.2, -0.15) is 0 Å². The van der Waals surface area contributed by atoms with Crippen LogP contribution >= 0.6 is 11.3 Å². The Morgan fingerprint density at radius 3 is 2.88 bits per heavy atom. The average molecular weight is 344 g/mol. The van der Waals surface area contributed by atoms with Crippen molar-refractivity contribution >= 4 is 28.8 Å². The lowest BCUT2D eigenvalue weighted by Gasteiger charge is -2.15. The smallest absolute Gasteiger partial charge is 0.266 e. The lowest BCUT2D eigenvalue weighted by Crippen LogP contribution is -2.25. The number of hydrogen-bond donors (Lipinski definition) is 1. The van der Waals surface area contributed by atoms with Crippen molar-refractivity contribution in [3.05, 3.63) is 39.6 Å². The SMILES string of the molecule is CC(=O)Nc1ccsc1C(=O)N1Cc2cnc(CC(C)C)nc2C1. The summed E-state index contributed by atoms with van der Waals surface area (Å²) in [5.74, 6) is 1.05. The molecule has 2 aromatic rings. The van der Waals surface area contributed by atoms with E-state index in [0.717, 1.165) is 23.5 Å². The summed E-state index contributed by atoms with van der Waals surface area (Å²) in [6.07, 6.45) is 2.66. The van der Waals surface area contributed by atoms with Crippen LogP contribution in [0.4, 0.5) is 5.69 Å². The number of hydrogen-bond acceptors (Lipinski definition) is 5. The second-order valence-corrected chi connectivity index (χ2v) is 7.28. The van der Waals surface area contributed by atoms with Gasteiger partial charge in [-0.3, -0.25) is 9.59 Å². The highest BCUT2D eigenvalue weighted by Gasteiger charge is 2.28. The van der Waals surface area contributed by atoms with Crippen LogP contribution in [0.2, 0.25) is 0 Å². The number of amides is 2. The minimum Gasteiger partial charge on any atom is -0.328 e. The van der Waals surface area contributed by atoms with E-state index in [1.54, 1.807) is 11.0 Å². The van der Waals surface area contributed by atoms with Gasteiger partial charge < -0.3 is 10.2 Å². The van der Waals surface area contributed by atoms with E-state index in [1.807, 2.05) is 11.6 Å². The molecule has 0 saturated carbocycles. The van der Waals surface area contributed by atoms with Crippen LogP contribution in [-0.2, 0) is 24.3 Å². The lowest BCUT2D eigenvalue weighted by atomic mass is 10.1. The fourth-order valence-electron chi connectivity index (χ4n) is 2.71. The third-order valence-electron chi connectivity index (χ3n) is 3.75. The largest absolute Gasteiger partial charge is 0.328 e. The molecular formula is C17H20N4O2S. The topological polar surface area (TPSA) is 75.2 Å². The van der Waals surface area contributed by atoms with Crippen LogP contribution < -0.4 is 5.32 Å². The summed E-state index contributed by atoms with van der Waals surface area (Å²) in [6, 6.07) is 1.75. The van der Waals surface area contributed by atoms with Crippen molar-refractivity contribution in [3.63, 3.8) is 0 Å². The number of carbonyl (C=O) groups excluding carboxylic acids is 2. The Labute approximate surface area is 144 Å². The monoisotopic (exact) mass is 344 g/mol. The Kier molecular flexibility index (Phi) is 4.62. The number of nitrogens with zero attached hydrogens (tertiary/aromatic N) is 3. The first-order chi connectivity index (χ1) is 11.4. The van der Waals surface area contributed by atoms with Crippen LogP contribution in [-0.4, -0.2) is 26.7 Å². The Hall–Kier alpha value is -2.28. The van der Waals surface area contributed by atoms with Crippen LogP contribution in [0.1, 0.15) is 47.5 Å². The Morgan fingerprint density at radius 2 is 2.17 bits per heavy atom. The molecule has 0 saturated heterocycles. The molecule has 0 aromatic carbocycles. The molecule has 0 aliphatic carbocycles. The Bertz CT molecular complexity index is 785. The maximum atomic E-state index is 12.8. The molecule has 0 spiro atoms. The molecule has 2 amide bonds. The molecule has 1 aliphatic heterocycles. The highest BCUT2D eigenvalue weighted by molar-refractivity contribution is 7.12. The van der Waals surface area contributed by atoms with Gasteiger partial charge in [0.2, 0.25) is 5.91 Å². The molecule has 1 aliphatic rings. The maximum Gasteiger partial charge on any atom is 0.266 e. The van der Waals surface area contributed by atoms with Gasteiger partial charge in [-0.25, -0.2) is 9.97 Å². The number of thiophene rings is 1. The molecule has 6 nitrogen and oxygen atoms in total. The van der Waals surface area contributed by atoms with Crippen molar-refractivity contribution in [2.75, 3.05) is 5.32 Å². The standard InChI is InChI=1S/C17H20N4O2S/c1-10(2)6-15-18-7-12-8-21(9-14(12)20-15)17(23)16-13(4-5-24-16)19-11(3)22/h4-5,7,10H,6,8-9H2,1-3H3,(H,19,22). The molecule has 126 valence electrons. The van der Waals surface area contributed by atoms with E-state index >= 15 is 0 Å². The zero-order valence-electron chi connectivity index (χ0n) is 14.0. The van der Waals surface area contributed by atoms with E-state index in [1.165, 1.54) is 18.3 Å². The summed E-state index contributed by atoms with van der Waals surface area (Å²) < 4.78 is 0. The molecular weight excluding hydrogens is 324 g/mol. The molecule has 3 rings (SSSR count).